The third-order valence-corrected chi connectivity index (χ3v) is 7.79. The Balaban J connectivity index is 1.69. The lowest BCUT2D eigenvalue weighted by atomic mass is 10.0. The van der Waals surface area contributed by atoms with E-state index in [0.717, 1.165) is 6.07 Å². The minimum absolute atomic E-state index is 0.0539. The van der Waals surface area contributed by atoms with Crippen molar-refractivity contribution in [1.29, 1.82) is 0 Å². The largest absolute Gasteiger partial charge is 0.417 e. The molecule has 0 spiro atoms. The van der Waals surface area contributed by atoms with E-state index in [-0.39, 0.29) is 29.5 Å². The van der Waals surface area contributed by atoms with Crippen LogP contribution >= 0.6 is 0 Å². The summed E-state index contributed by atoms with van der Waals surface area (Å²) in [6.07, 6.45) is -2.13. The summed E-state index contributed by atoms with van der Waals surface area (Å²) < 4.78 is 79.4. The van der Waals surface area contributed by atoms with Crippen LogP contribution in [-0.4, -0.2) is 83.9 Å². The van der Waals surface area contributed by atoms with Crippen molar-refractivity contribution in [2.75, 3.05) is 56.2 Å². The summed E-state index contributed by atoms with van der Waals surface area (Å²) in [5.74, 6) is -3.38. The van der Waals surface area contributed by atoms with Gasteiger partial charge in [-0.25, -0.2) is 18.7 Å². The number of alkyl halides is 3. The van der Waals surface area contributed by atoms with Gasteiger partial charge in [-0.3, -0.25) is 14.2 Å². The molecule has 2 aliphatic heterocycles. The molecular formula is C28H30F5N7O3. The number of nitrogens with two attached hydrogens (primary N) is 1. The van der Waals surface area contributed by atoms with E-state index in [9.17, 15) is 22.8 Å². The van der Waals surface area contributed by atoms with Gasteiger partial charge in [0, 0.05) is 75.1 Å². The van der Waals surface area contributed by atoms with Crippen molar-refractivity contribution in [3.8, 4) is 16.8 Å². The number of nitrogens with zero attached hydrogens (tertiary/aromatic N) is 6. The van der Waals surface area contributed by atoms with Crippen LogP contribution in [0.3, 0.4) is 0 Å². The molecule has 2 N–H and O–H groups in total. The zero-order valence-corrected chi connectivity index (χ0v) is 23.7. The molecule has 2 fully saturated rings. The molecule has 10 nitrogen and oxygen atoms in total. The summed E-state index contributed by atoms with van der Waals surface area (Å²) in [6, 6.07) is 1.15. The van der Waals surface area contributed by atoms with Crippen molar-refractivity contribution in [1.82, 2.24) is 19.4 Å². The lowest BCUT2D eigenvalue weighted by Crippen LogP contribution is -2.50. The first kappa shape index (κ1) is 30.4. The van der Waals surface area contributed by atoms with Gasteiger partial charge >= 0.3 is 6.18 Å². The lowest BCUT2D eigenvalue weighted by molar-refractivity contribution is -0.138. The average Bonchev–Trinajstić information content (AvgIpc) is 2.94. The summed E-state index contributed by atoms with van der Waals surface area (Å²) in [5, 5.41) is 0. The number of hydrogen-bond acceptors (Lipinski definition) is 8. The van der Waals surface area contributed by atoms with E-state index in [1.165, 1.54) is 12.4 Å². The van der Waals surface area contributed by atoms with E-state index in [1.807, 2.05) is 30.7 Å². The summed E-state index contributed by atoms with van der Waals surface area (Å²) in [7, 11) is 1.88. The molecule has 4 heterocycles. The maximum absolute atomic E-state index is 16.6. The number of likely N-dealkylation sites (N-methyl/N-ethyl adjacent to an activating group) is 1. The Hall–Kier alpha value is -4.11. The molecule has 2 saturated heterocycles. The molecular weight excluding hydrogens is 577 g/mol. The van der Waals surface area contributed by atoms with Crippen LogP contribution in [0.2, 0.25) is 0 Å². The molecule has 15 heteroatoms. The van der Waals surface area contributed by atoms with E-state index in [2.05, 4.69) is 9.97 Å². The summed E-state index contributed by atoms with van der Waals surface area (Å²) in [6.45, 7) is 6.40. The van der Waals surface area contributed by atoms with Gasteiger partial charge in [-0.15, -0.1) is 0 Å². The number of aromatic nitrogens is 3. The van der Waals surface area contributed by atoms with Gasteiger partial charge in [0.1, 0.15) is 11.5 Å². The van der Waals surface area contributed by atoms with E-state index >= 15 is 8.78 Å². The number of amides is 1. The van der Waals surface area contributed by atoms with E-state index in [1.54, 1.807) is 4.90 Å². The maximum atomic E-state index is 16.6. The number of rotatable bonds is 5. The number of ether oxygens (including phenoxy) is 1. The Kier molecular flexibility index (Phi) is 8.13. The van der Waals surface area contributed by atoms with Crippen molar-refractivity contribution in [3.05, 3.63) is 63.8 Å². The Morgan fingerprint density at radius 1 is 1.05 bits per heavy atom. The molecule has 0 saturated carbocycles. The number of hydrogen-bond donors (Lipinski definition) is 1. The van der Waals surface area contributed by atoms with Crippen LogP contribution in [0.5, 0.6) is 0 Å². The number of piperazine rings is 1. The Labute approximate surface area is 243 Å². The fourth-order valence-electron chi connectivity index (χ4n) is 5.35. The smallest absolute Gasteiger partial charge is 0.375 e. The Bertz CT molecular complexity index is 1600. The van der Waals surface area contributed by atoms with Gasteiger partial charge in [0.2, 0.25) is 5.95 Å². The molecule has 2 aromatic heterocycles. The van der Waals surface area contributed by atoms with Gasteiger partial charge in [0.15, 0.2) is 5.82 Å². The number of carbonyl (C=O) groups excluding carboxylic acids is 1. The first-order chi connectivity index (χ1) is 20.3. The molecule has 0 radical (unpaired) electrons. The van der Waals surface area contributed by atoms with Gasteiger partial charge in [-0.1, -0.05) is 0 Å². The third-order valence-electron chi connectivity index (χ3n) is 7.79. The van der Waals surface area contributed by atoms with Crippen LogP contribution in [0.1, 0.15) is 29.8 Å². The standard InChI is InChI=1S/C28H30F5N7O3/c1-15-12-38(5-4-37(15)3)21-9-20(29)23(17-10-35-27(36-11-17)39-6-7-43-16(2)13-39)24(30)25(21)40-14-18(26(34)42)19(8-22(40)41)28(31,32)33/h8-11,14-16H,4-7,12-13H2,1-3H3,(H2,34,42). The van der Waals surface area contributed by atoms with Crippen LogP contribution in [0.15, 0.2) is 35.5 Å². The van der Waals surface area contributed by atoms with E-state index in [0.29, 0.717) is 56.0 Å². The van der Waals surface area contributed by atoms with Crippen molar-refractivity contribution in [2.24, 2.45) is 5.73 Å². The quantitative estimate of drug-likeness (QED) is 0.441. The van der Waals surface area contributed by atoms with Crippen LogP contribution in [0.4, 0.5) is 33.6 Å². The van der Waals surface area contributed by atoms with Gasteiger partial charge in [-0.2, -0.15) is 13.2 Å². The molecule has 43 heavy (non-hydrogen) atoms. The van der Waals surface area contributed by atoms with Crippen LogP contribution in [-0.2, 0) is 10.9 Å². The molecule has 2 unspecified atom stereocenters. The molecule has 2 aliphatic rings. The monoisotopic (exact) mass is 607 g/mol. The molecule has 3 aromatic rings. The van der Waals surface area contributed by atoms with E-state index in [4.69, 9.17) is 10.5 Å². The van der Waals surface area contributed by atoms with Crippen LogP contribution < -0.4 is 21.1 Å². The molecule has 1 aromatic carbocycles. The van der Waals surface area contributed by atoms with Gasteiger partial charge in [-0.05, 0) is 20.9 Å². The number of morpholine rings is 1. The second-order valence-electron chi connectivity index (χ2n) is 10.8. The average molecular weight is 608 g/mol. The zero-order chi connectivity index (χ0) is 31.2. The van der Waals surface area contributed by atoms with Gasteiger partial charge < -0.3 is 25.2 Å². The number of carbonyl (C=O) groups is 1. The highest BCUT2D eigenvalue weighted by Gasteiger charge is 2.37. The van der Waals surface area contributed by atoms with Crippen molar-refractivity contribution in [2.45, 2.75) is 32.2 Å². The molecule has 1 amide bonds. The highest BCUT2D eigenvalue weighted by molar-refractivity contribution is 5.94. The fourth-order valence-corrected chi connectivity index (χ4v) is 5.35. The summed E-state index contributed by atoms with van der Waals surface area (Å²) in [4.78, 5) is 39.3. The van der Waals surface area contributed by atoms with Crippen molar-refractivity contribution >= 4 is 17.5 Å². The van der Waals surface area contributed by atoms with Crippen molar-refractivity contribution in [3.63, 3.8) is 0 Å². The summed E-state index contributed by atoms with van der Waals surface area (Å²) in [5.41, 5.74) is 0.107. The van der Waals surface area contributed by atoms with Crippen molar-refractivity contribution < 1.29 is 31.5 Å². The second-order valence-corrected chi connectivity index (χ2v) is 10.8. The summed E-state index contributed by atoms with van der Waals surface area (Å²) >= 11 is 0. The predicted molar refractivity (Wildman–Crippen MR) is 148 cm³/mol. The lowest BCUT2D eigenvalue weighted by Gasteiger charge is -2.40. The third kappa shape index (κ3) is 5.91. The topological polar surface area (TPSA) is 110 Å². The molecule has 0 bridgehead atoms. The molecule has 2 atom stereocenters. The second kappa shape index (κ2) is 11.5. The molecule has 230 valence electrons. The van der Waals surface area contributed by atoms with Gasteiger partial charge in [0.05, 0.1) is 35.1 Å². The highest BCUT2D eigenvalue weighted by atomic mass is 19.4. The number of benzene rings is 1. The fraction of sp³-hybridized carbons (Fsp3) is 0.429. The molecule has 0 aliphatic carbocycles. The Morgan fingerprint density at radius 2 is 1.74 bits per heavy atom. The highest BCUT2D eigenvalue weighted by Crippen LogP contribution is 2.38. The maximum Gasteiger partial charge on any atom is 0.417 e. The number of anilines is 2. The van der Waals surface area contributed by atoms with E-state index < -0.39 is 51.7 Å². The molecule has 5 rings (SSSR count). The number of primary amides is 1. The van der Waals surface area contributed by atoms with Gasteiger partial charge in [0.25, 0.3) is 11.5 Å². The minimum Gasteiger partial charge on any atom is -0.375 e. The zero-order valence-electron chi connectivity index (χ0n) is 23.7. The normalized spacial score (nSPS) is 20.0. The predicted octanol–water partition coefficient (Wildman–Crippen LogP) is 3.06. The number of halogens is 5. The van der Waals surface area contributed by atoms with Crippen LogP contribution in [0.25, 0.3) is 16.8 Å². The number of pyridine rings is 1. The first-order valence-corrected chi connectivity index (χ1v) is 13.6. The SMILES string of the molecule is CC1CN(c2ncc(-c3c(F)cc(N4CCN(C)C(C)C4)c(-n4cc(C(N)=O)c(C(F)(F)F)cc4=O)c3F)cn2)CCO1. The van der Waals surface area contributed by atoms with Crippen LogP contribution in [0, 0.1) is 11.6 Å². The minimum atomic E-state index is -5.08. The Morgan fingerprint density at radius 3 is 2.35 bits per heavy atom. The first-order valence-electron chi connectivity index (χ1n) is 13.6.